The Morgan fingerprint density at radius 3 is 2.53 bits per heavy atom. The van der Waals surface area contributed by atoms with Gasteiger partial charge in [0.05, 0.1) is 6.04 Å². The van der Waals surface area contributed by atoms with Crippen molar-refractivity contribution in [3.8, 4) is 5.69 Å². The van der Waals surface area contributed by atoms with Crippen LogP contribution in [0, 0.1) is 13.8 Å². The largest absolute Gasteiger partial charge is 0.346 e. The zero-order valence-electron chi connectivity index (χ0n) is 18.2. The summed E-state index contributed by atoms with van der Waals surface area (Å²) in [5.74, 6) is 1.61. The summed E-state index contributed by atoms with van der Waals surface area (Å²) < 4.78 is 2.06. The van der Waals surface area contributed by atoms with E-state index in [1.54, 1.807) is 11.8 Å². The molecule has 5 nitrogen and oxygen atoms in total. The zero-order valence-corrected chi connectivity index (χ0v) is 19.0. The monoisotopic (exact) mass is 422 g/mol. The third kappa shape index (κ3) is 5.51. The molecule has 3 rings (SSSR count). The number of carbonyl (C=O) groups is 1. The summed E-state index contributed by atoms with van der Waals surface area (Å²) in [6.45, 7) is 8.25. The minimum Gasteiger partial charge on any atom is -0.346 e. The van der Waals surface area contributed by atoms with Gasteiger partial charge in [0.15, 0.2) is 11.0 Å². The molecule has 0 fully saturated rings. The molecule has 3 aromatic rings. The maximum absolute atomic E-state index is 12.3. The molecule has 0 radical (unpaired) electrons. The van der Waals surface area contributed by atoms with E-state index in [4.69, 9.17) is 0 Å². The van der Waals surface area contributed by atoms with Crippen LogP contribution < -0.4 is 5.32 Å². The summed E-state index contributed by atoms with van der Waals surface area (Å²) in [5, 5.41) is 12.8. The Morgan fingerprint density at radius 2 is 1.83 bits per heavy atom. The number of nitrogens with one attached hydrogen (secondary N) is 1. The van der Waals surface area contributed by atoms with Crippen LogP contribution in [0.2, 0.25) is 0 Å². The van der Waals surface area contributed by atoms with E-state index in [-0.39, 0.29) is 11.9 Å². The Hall–Kier alpha value is -2.60. The molecule has 0 saturated heterocycles. The average molecular weight is 423 g/mol. The third-order valence-corrected chi connectivity index (χ3v) is 6.07. The highest BCUT2D eigenvalue weighted by Gasteiger charge is 2.21. The van der Waals surface area contributed by atoms with Crippen molar-refractivity contribution >= 4 is 17.7 Å². The number of aromatic nitrogens is 3. The second-order valence-electron chi connectivity index (χ2n) is 7.62. The topological polar surface area (TPSA) is 59.8 Å². The van der Waals surface area contributed by atoms with Crippen molar-refractivity contribution in [3.05, 3.63) is 71.0 Å². The first-order valence-corrected chi connectivity index (χ1v) is 11.5. The maximum Gasteiger partial charge on any atom is 0.220 e. The molecule has 1 amide bonds. The van der Waals surface area contributed by atoms with Crippen LogP contribution in [-0.4, -0.2) is 20.7 Å². The molecule has 158 valence electrons. The zero-order chi connectivity index (χ0) is 21.5. The highest BCUT2D eigenvalue weighted by Crippen LogP contribution is 2.28. The van der Waals surface area contributed by atoms with Crippen LogP contribution >= 0.6 is 11.8 Å². The van der Waals surface area contributed by atoms with E-state index in [1.807, 2.05) is 6.92 Å². The number of benzene rings is 2. The fourth-order valence-corrected chi connectivity index (χ4v) is 4.26. The Bertz CT molecular complexity index is 981. The molecule has 0 aliphatic carbocycles. The highest BCUT2D eigenvalue weighted by molar-refractivity contribution is 7.98. The number of amides is 1. The summed E-state index contributed by atoms with van der Waals surface area (Å²) >= 11 is 1.66. The Balaban J connectivity index is 1.88. The van der Waals surface area contributed by atoms with Crippen LogP contribution in [0.15, 0.2) is 53.7 Å². The second kappa shape index (κ2) is 10.4. The van der Waals surface area contributed by atoms with E-state index < -0.39 is 0 Å². The summed E-state index contributed by atoms with van der Waals surface area (Å²) in [6.07, 6.45) is 2.43. The van der Waals surface area contributed by atoms with E-state index in [0.29, 0.717) is 6.42 Å². The van der Waals surface area contributed by atoms with Gasteiger partial charge in [0, 0.05) is 17.9 Å². The SMILES string of the molecule is CCCCC(=O)NC(C)c1nnc(SCc2ccccc2C)n1-c1ccc(C)cc1. The van der Waals surface area contributed by atoms with Crippen molar-refractivity contribution in [1.82, 2.24) is 20.1 Å². The first kappa shape index (κ1) is 22.1. The Morgan fingerprint density at radius 1 is 1.10 bits per heavy atom. The first-order chi connectivity index (χ1) is 14.5. The van der Waals surface area contributed by atoms with Crippen LogP contribution in [0.5, 0.6) is 0 Å². The molecular weight excluding hydrogens is 392 g/mol. The number of rotatable bonds is 9. The van der Waals surface area contributed by atoms with Gasteiger partial charge in [-0.25, -0.2) is 0 Å². The van der Waals surface area contributed by atoms with Crippen molar-refractivity contribution in [3.63, 3.8) is 0 Å². The van der Waals surface area contributed by atoms with Gasteiger partial charge in [-0.3, -0.25) is 9.36 Å². The lowest BCUT2D eigenvalue weighted by atomic mass is 10.1. The van der Waals surface area contributed by atoms with Crippen LogP contribution in [0.3, 0.4) is 0 Å². The molecule has 1 atom stereocenters. The van der Waals surface area contributed by atoms with Crippen molar-refractivity contribution in [1.29, 1.82) is 0 Å². The van der Waals surface area contributed by atoms with Crippen LogP contribution in [0.25, 0.3) is 5.69 Å². The number of thioether (sulfide) groups is 1. The lowest BCUT2D eigenvalue weighted by Crippen LogP contribution is -2.28. The molecule has 0 spiro atoms. The lowest BCUT2D eigenvalue weighted by Gasteiger charge is -2.16. The van der Waals surface area contributed by atoms with Gasteiger partial charge in [-0.15, -0.1) is 10.2 Å². The molecular formula is C24H30N4OS. The van der Waals surface area contributed by atoms with Gasteiger partial charge in [-0.1, -0.05) is 67.1 Å². The van der Waals surface area contributed by atoms with Gasteiger partial charge < -0.3 is 5.32 Å². The quantitative estimate of drug-likeness (QED) is 0.460. The number of hydrogen-bond acceptors (Lipinski definition) is 4. The molecule has 6 heteroatoms. The molecule has 0 aliphatic heterocycles. The van der Waals surface area contributed by atoms with Crippen molar-refractivity contribution in [2.24, 2.45) is 0 Å². The Labute approximate surface area is 183 Å². The summed E-state index contributed by atoms with van der Waals surface area (Å²) in [5.41, 5.74) is 4.75. The van der Waals surface area contributed by atoms with E-state index >= 15 is 0 Å². The lowest BCUT2D eigenvalue weighted by molar-refractivity contribution is -0.121. The van der Waals surface area contributed by atoms with Crippen molar-refractivity contribution < 1.29 is 4.79 Å². The second-order valence-corrected chi connectivity index (χ2v) is 8.56. The standard InChI is InChI=1S/C24H30N4OS/c1-5-6-11-22(29)25-19(4)23-26-27-24(28(23)21-14-12-17(2)13-15-21)30-16-20-10-8-7-9-18(20)3/h7-10,12-15,19H,5-6,11,16H2,1-4H3,(H,25,29). The molecule has 1 unspecified atom stereocenters. The molecule has 1 N–H and O–H groups in total. The minimum atomic E-state index is -0.226. The van der Waals surface area contributed by atoms with E-state index in [9.17, 15) is 4.79 Å². The molecule has 1 aromatic heterocycles. The van der Waals surface area contributed by atoms with Crippen LogP contribution in [-0.2, 0) is 10.5 Å². The summed E-state index contributed by atoms with van der Waals surface area (Å²) in [6, 6.07) is 16.5. The van der Waals surface area contributed by atoms with Gasteiger partial charge >= 0.3 is 0 Å². The smallest absolute Gasteiger partial charge is 0.220 e. The molecule has 0 aliphatic rings. The van der Waals surface area contributed by atoms with E-state index in [0.717, 1.165) is 35.3 Å². The number of carbonyl (C=O) groups excluding carboxylic acids is 1. The molecule has 0 saturated carbocycles. The number of aryl methyl sites for hydroxylation is 2. The molecule has 30 heavy (non-hydrogen) atoms. The van der Waals surface area contributed by atoms with Gasteiger partial charge in [0.1, 0.15) is 0 Å². The number of unbranched alkanes of at least 4 members (excludes halogenated alkanes) is 1. The van der Waals surface area contributed by atoms with Crippen LogP contribution in [0.1, 0.15) is 61.7 Å². The normalized spacial score (nSPS) is 12.0. The summed E-state index contributed by atoms with van der Waals surface area (Å²) in [4.78, 5) is 12.3. The van der Waals surface area contributed by atoms with Crippen LogP contribution in [0.4, 0.5) is 0 Å². The van der Waals surface area contributed by atoms with Gasteiger partial charge in [-0.05, 0) is 50.5 Å². The van der Waals surface area contributed by atoms with Gasteiger partial charge in [0.25, 0.3) is 0 Å². The van der Waals surface area contributed by atoms with E-state index in [1.165, 1.54) is 16.7 Å². The minimum absolute atomic E-state index is 0.0527. The average Bonchev–Trinajstić information content (AvgIpc) is 3.16. The molecule has 1 heterocycles. The highest BCUT2D eigenvalue weighted by atomic mass is 32.2. The summed E-state index contributed by atoms with van der Waals surface area (Å²) in [7, 11) is 0. The number of hydrogen-bond donors (Lipinski definition) is 1. The molecule has 2 aromatic carbocycles. The van der Waals surface area contributed by atoms with Crippen molar-refractivity contribution in [2.45, 2.75) is 63.9 Å². The first-order valence-electron chi connectivity index (χ1n) is 10.5. The van der Waals surface area contributed by atoms with E-state index in [2.05, 4.69) is 89.4 Å². The predicted molar refractivity (Wildman–Crippen MR) is 123 cm³/mol. The number of nitrogens with zero attached hydrogens (tertiary/aromatic N) is 3. The van der Waals surface area contributed by atoms with Gasteiger partial charge in [0.2, 0.25) is 5.91 Å². The van der Waals surface area contributed by atoms with Crippen molar-refractivity contribution in [2.75, 3.05) is 0 Å². The molecule has 0 bridgehead atoms. The van der Waals surface area contributed by atoms with Gasteiger partial charge in [-0.2, -0.15) is 0 Å². The Kier molecular flexibility index (Phi) is 7.69. The predicted octanol–water partition coefficient (Wildman–Crippen LogP) is 5.54. The third-order valence-electron chi connectivity index (χ3n) is 5.09. The fraction of sp³-hybridized carbons (Fsp3) is 0.375. The fourth-order valence-electron chi connectivity index (χ4n) is 3.22. The maximum atomic E-state index is 12.3.